The van der Waals surface area contributed by atoms with E-state index in [1.165, 1.54) is 18.4 Å². The molecule has 3 rings (SSSR count). The van der Waals surface area contributed by atoms with Gasteiger partial charge in [0, 0.05) is 12.1 Å². The Morgan fingerprint density at radius 1 is 1.25 bits per heavy atom. The molecule has 0 amide bonds. The van der Waals surface area contributed by atoms with E-state index >= 15 is 0 Å². The van der Waals surface area contributed by atoms with Crippen molar-refractivity contribution < 1.29 is 5.11 Å². The summed E-state index contributed by atoms with van der Waals surface area (Å²) in [5.41, 5.74) is 1.51. The Morgan fingerprint density at radius 3 is 2.69 bits per heavy atom. The van der Waals surface area contributed by atoms with Gasteiger partial charge in [-0.15, -0.1) is 0 Å². The van der Waals surface area contributed by atoms with Crippen LogP contribution in [0.4, 0.5) is 0 Å². The Kier molecular flexibility index (Phi) is 2.49. The van der Waals surface area contributed by atoms with E-state index in [1.54, 1.807) is 0 Å². The first-order valence-corrected chi connectivity index (χ1v) is 6.28. The molecule has 2 nitrogen and oxygen atoms in total. The van der Waals surface area contributed by atoms with E-state index in [2.05, 4.69) is 35.2 Å². The van der Waals surface area contributed by atoms with E-state index in [1.807, 2.05) is 0 Å². The summed E-state index contributed by atoms with van der Waals surface area (Å²) in [5, 5.41) is 10.1. The highest BCUT2D eigenvalue weighted by molar-refractivity contribution is 5.18. The van der Waals surface area contributed by atoms with Gasteiger partial charge >= 0.3 is 0 Å². The molecule has 0 bridgehead atoms. The van der Waals surface area contributed by atoms with Crippen molar-refractivity contribution in [2.24, 2.45) is 0 Å². The molecule has 2 fully saturated rings. The summed E-state index contributed by atoms with van der Waals surface area (Å²) in [6.07, 6.45) is 4.40. The lowest BCUT2D eigenvalue weighted by molar-refractivity contribution is -0.00980. The van der Waals surface area contributed by atoms with Crippen LogP contribution in [-0.2, 0) is 6.54 Å². The van der Waals surface area contributed by atoms with Crippen LogP contribution in [0.2, 0.25) is 0 Å². The molecule has 16 heavy (non-hydrogen) atoms. The van der Waals surface area contributed by atoms with Crippen LogP contribution in [0.5, 0.6) is 0 Å². The number of nitrogens with zero attached hydrogens (tertiary/aromatic N) is 1. The molecule has 86 valence electrons. The van der Waals surface area contributed by atoms with Crippen LogP contribution in [-0.4, -0.2) is 28.2 Å². The summed E-state index contributed by atoms with van der Waals surface area (Å²) in [6, 6.07) is 10.6. The summed E-state index contributed by atoms with van der Waals surface area (Å²) in [5.74, 6) is 0. The monoisotopic (exact) mass is 217 g/mol. The lowest BCUT2D eigenvalue weighted by atomic mass is 9.96. The van der Waals surface area contributed by atoms with Gasteiger partial charge in [-0.05, 0) is 37.8 Å². The van der Waals surface area contributed by atoms with Gasteiger partial charge in [0.05, 0.1) is 6.10 Å². The van der Waals surface area contributed by atoms with Crippen LogP contribution in [0.1, 0.15) is 31.2 Å². The topological polar surface area (TPSA) is 23.5 Å². The minimum atomic E-state index is -0.0926. The van der Waals surface area contributed by atoms with Crippen LogP contribution in [0, 0.1) is 0 Å². The molecule has 1 aliphatic carbocycles. The maximum Gasteiger partial charge on any atom is 0.0724 e. The van der Waals surface area contributed by atoms with Gasteiger partial charge in [0.15, 0.2) is 0 Å². The van der Waals surface area contributed by atoms with Crippen LogP contribution < -0.4 is 0 Å². The summed E-state index contributed by atoms with van der Waals surface area (Å²) in [4.78, 5) is 2.50. The summed E-state index contributed by atoms with van der Waals surface area (Å²) >= 11 is 0. The fourth-order valence-corrected chi connectivity index (χ4v) is 3.00. The first kappa shape index (κ1) is 10.3. The lowest BCUT2D eigenvalue weighted by Gasteiger charge is -2.39. The molecule has 1 N–H and O–H groups in total. The Balaban J connectivity index is 1.75. The molecule has 1 aromatic rings. The quantitative estimate of drug-likeness (QED) is 0.820. The third kappa shape index (κ3) is 1.66. The van der Waals surface area contributed by atoms with E-state index < -0.39 is 0 Å². The fraction of sp³-hybridized carbons (Fsp3) is 0.571. The van der Waals surface area contributed by atoms with Gasteiger partial charge in [-0.25, -0.2) is 0 Å². The normalized spacial score (nSPS) is 28.2. The zero-order chi connectivity index (χ0) is 11.0. The number of aliphatic hydroxyl groups excluding tert-OH is 1. The average molecular weight is 217 g/mol. The van der Waals surface area contributed by atoms with E-state index in [4.69, 9.17) is 0 Å². The summed E-state index contributed by atoms with van der Waals surface area (Å²) < 4.78 is 0. The van der Waals surface area contributed by atoms with Crippen LogP contribution in [0.25, 0.3) is 0 Å². The second-order valence-electron chi connectivity index (χ2n) is 5.17. The fourth-order valence-electron chi connectivity index (χ4n) is 3.00. The van der Waals surface area contributed by atoms with Gasteiger partial charge in [0.1, 0.15) is 0 Å². The minimum Gasteiger partial charge on any atom is -0.391 e. The van der Waals surface area contributed by atoms with Crippen molar-refractivity contribution in [1.29, 1.82) is 0 Å². The number of hydrogen-bond acceptors (Lipinski definition) is 2. The molecule has 0 aromatic heterocycles. The molecule has 1 spiro atoms. The Morgan fingerprint density at radius 2 is 2.00 bits per heavy atom. The van der Waals surface area contributed by atoms with Gasteiger partial charge in [-0.2, -0.15) is 0 Å². The molecule has 0 radical (unpaired) electrons. The standard InChI is InChI=1S/C14H19NO/c16-13-7-4-10-15(14(13)8-9-14)11-12-5-2-1-3-6-12/h1-3,5-6,13,16H,4,7-11H2. The number of likely N-dealkylation sites (tertiary alicyclic amines) is 1. The van der Waals surface area contributed by atoms with Crippen molar-refractivity contribution in [3.8, 4) is 0 Å². The van der Waals surface area contributed by atoms with Gasteiger partial charge in [0.2, 0.25) is 0 Å². The van der Waals surface area contributed by atoms with E-state index in [-0.39, 0.29) is 11.6 Å². The molecule has 2 aliphatic rings. The Bertz CT molecular complexity index is 358. The summed E-state index contributed by atoms with van der Waals surface area (Å²) in [7, 11) is 0. The summed E-state index contributed by atoms with van der Waals surface area (Å²) in [6.45, 7) is 2.14. The predicted molar refractivity (Wildman–Crippen MR) is 64.1 cm³/mol. The third-order valence-electron chi connectivity index (χ3n) is 4.13. The maximum atomic E-state index is 10.1. The van der Waals surface area contributed by atoms with Crippen molar-refractivity contribution in [3.05, 3.63) is 35.9 Å². The van der Waals surface area contributed by atoms with Gasteiger partial charge in [-0.3, -0.25) is 4.90 Å². The minimum absolute atomic E-state index is 0.0926. The maximum absolute atomic E-state index is 10.1. The lowest BCUT2D eigenvalue weighted by Crippen LogP contribution is -2.49. The number of aliphatic hydroxyl groups is 1. The smallest absolute Gasteiger partial charge is 0.0724 e. The average Bonchev–Trinajstić information content (AvgIpc) is 3.08. The molecular formula is C14H19NO. The van der Waals surface area contributed by atoms with Crippen molar-refractivity contribution in [3.63, 3.8) is 0 Å². The highest BCUT2D eigenvalue weighted by Gasteiger charge is 2.54. The molecule has 1 saturated heterocycles. The highest BCUT2D eigenvalue weighted by Crippen LogP contribution is 2.48. The Labute approximate surface area is 96.9 Å². The number of rotatable bonds is 2. The molecule has 1 saturated carbocycles. The number of hydrogen-bond donors (Lipinski definition) is 1. The van der Waals surface area contributed by atoms with E-state index in [9.17, 15) is 5.11 Å². The zero-order valence-electron chi connectivity index (χ0n) is 9.60. The zero-order valence-corrected chi connectivity index (χ0v) is 9.60. The molecule has 1 atom stereocenters. The Hall–Kier alpha value is -0.860. The molecule has 1 unspecified atom stereocenters. The number of piperidine rings is 1. The first-order valence-electron chi connectivity index (χ1n) is 6.28. The van der Waals surface area contributed by atoms with Crippen molar-refractivity contribution >= 4 is 0 Å². The molecular weight excluding hydrogens is 198 g/mol. The molecule has 1 heterocycles. The second-order valence-corrected chi connectivity index (χ2v) is 5.17. The molecule has 1 aliphatic heterocycles. The van der Waals surface area contributed by atoms with E-state index in [0.717, 1.165) is 25.9 Å². The molecule has 2 heteroatoms. The van der Waals surface area contributed by atoms with Crippen LogP contribution in [0.15, 0.2) is 30.3 Å². The van der Waals surface area contributed by atoms with Crippen molar-refractivity contribution in [1.82, 2.24) is 4.90 Å². The molecule has 1 aromatic carbocycles. The third-order valence-corrected chi connectivity index (χ3v) is 4.13. The largest absolute Gasteiger partial charge is 0.391 e. The highest BCUT2D eigenvalue weighted by atomic mass is 16.3. The van der Waals surface area contributed by atoms with Gasteiger partial charge in [0.25, 0.3) is 0 Å². The van der Waals surface area contributed by atoms with Crippen molar-refractivity contribution in [2.45, 2.75) is 43.9 Å². The van der Waals surface area contributed by atoms with Gasteiger partial charge in [-0.1, -0.05) is 30.3 Å². The predicted octanol–water partition coefficient (Wildman–Crippen LogP) is 2.18. The van der Waals surface area contributed by atoms with Gasteiger partial charge < -0.3 is 5.11 Å². The van der Waals surface area contributed by atoms with Crippen LogP contribution in [0.3, 0.4) is 0 Å². The van der Waals surface area contributed by atoms with E-state index in [0.29, 0.717) is 0 Å². The van der Waals surface area contributed by atoms with Crippen molar-refractivity contribution in [2.75, 3.05) is 6.54 Å². The van der Waals surface area contributed by atoms with Crippen LogP contribution >= 0.6 is 0 Å². The second kappa shape index (κ2) is 3.86. The first-order chi connectivity index (χ1) is 7.81. The number of benzene rings is 1. The SMILES string of the molecule is OC1CCCN(Cc2ccccc2)C12CC2.